The molecular weight excluding hydrogens is 321 g/mol. The lowest BCUT2D eigenvalue weighted by Crippen LogP contribution is -2.15. The summed E-state index contributed by atoms with van der Waals surface area (Å²) in [5.41, 5.74) is 1.98. The van der Waals surface area contributed by atoms with Gasteiger partial charge in [0.2, 0.25) is 0 Å². The number of carbonyl (C=O) groups is 1. The van der Waals surface area contributed by atoms with E-state index in [1.165, 1.54) is 22.8 Å². The standard InChI is InChI=1S/C19H14FN3O2/c1-23-12-13(11-21)10-17(23)19(24)25-18(15-6-8-22-9-7-15)14-2-4-16(20)5-3-14/h2-10,12,18H,1H3/t18-/m1/s1. The molecule has 0 unspecified atom stereocenters. The number of hydrogen-bond donors (Lipinski definition) is 0. The van der Waals surface area contributed by atoms with Gasteiger partial charge in [-0.2, -0.15) is 5.26 Å². The first-order valence-electron chi connectivity index (χ1n) is 7.51. The predicted molar refractivity (Wildman–Crippen MR) is 88.0 cm³/mol. The van der Waals surface area contributed by atoms with Crippen LogP contribution in [0.25, 0.3) is 0 Å². The summed E-state index contributed by atoms with van der Waals surface area (Å²) < 4.78 is 20.4. The van der Waals surface area contributed by atoms with Gasteiger partial charge in [-0.05, 0) is 35.9 Å². The van der Waals surface area contributed by atoms with E-state index in [0.717, 1.165) is 0 Å². The maximum atomic E-state index is 13.2. The number of benzene rings is 1. The maximum absolute atomic E-state index is 13.2. The second-order valence-corrected chi connectivity index (χ2v) is 5.45. The fourth-order valence-electron chi connectivity index (χ4n) is 2.50. The predicted octanol–water partition coefficient (Wildman–Crippen LogP) is 3.38. The monoisotopic (exact) mass is 335 g/mol. The van der Waals surface area contributed by atoms with Crippen LogP contribution in [0.15, 0.2) is 61.1 Å². The minimum Gasteiger partial charge on any atom is -0.448 e. The molecule has 0 aliphatic carbocycles. The van der Waals surface area contributed by atoms with Gasteiger partial charge < -0.3 is 9.30 Å². The fourth-order valence-corrected chi connectivity index (χ4v) is 2.50. The Bertz CT molecular complexity index is 928. The molecule has 6 heteroatoms. The number of rotatable bonds is 4. The van der Waals surface area contributed by atoms with Crippen molar-refractivity contribution in [3.05, 3.63) is 89.3 Å². The Morgan fingerprint density at radius 2 is 1.84 bits per heavy atom. The first-order valence-corrected chi connectivity index (χ1v) is 7.51. The van der Waals surface area contributed by atoms with Gasteiger partial charge in [0.15, 0.2) is 6.10 Å². The smallest absolute Gasteiger partial charge is 0.355 e. The topological polar surface area (TPSA) is 67.9 Å². The molecular formula is C19H14FN3O2. The summed E-state index contributed by atoms with van der Waals surface area (Å²) in [6, 6.07) is 12.7. The van der Waals surface area contributed by atoms with Gasteiger partial charge in [-0.15, -0.1) is 0 Å². The second kappa shape index (κ2) is 6.97. The summed E-state index contributed by atoms with van der Waals surface area (Å²) >= 11 is 0. The summed E-state index contributed by atoms with van der Waals surface area (Å²) in [5.74, 6) is -0.945. The number of nitriles is 1. The van der Waals surface area contributed by atoms with E-state index in [9.17, 15) is 9.18 Å². The first-order chi connectivity index (χ1) is 12.1. The van der Waals surface area contributed by atoms with Crippen LogP contribution in [0.2, 0.25) is 0 Å². The zero-order chi connectivity index (χ0) is 17.8. The molecule has 5 nitrogen and oxygen atoms in total. The molecule has 0 amide bonds. The minimum absolute atomic E-state index is 0.262. The molecule has 3 rings (SSSR count). The number of pyridine rings is 1. The van der Waals surface area contributed by atoms with Crippen molar-refractivity contribution < 1.29 is 13.9 Å². The Morgan fingerprint density at radius 3 is 2.44 bits per heavy atom. The molecule has 0 aliphatic heterocycles. The second-order valence-electron chi connectivity index (χ2n) is 5.45. The molecule has 0 bridgehead atoms. The van der Waals surface area contributed by atoms with Gasteiger partial charge >= 0.3 is 5.97 Å². The Hall–Kier alpha value is -3.46. The molecule has 0 spiro atoms. The van der Waals surface area contributed by atoms with Gasteiger partial charge in [0.1, 0.15) is 17.6 Å². The largest absolute Gasteiger partial charge is 0.448 e. The average Bonchev–Trinajstić information content (AvgIpc) is 3.02. The highest BCUT2D eigenvalue weighted by atomic mass is 19.1. The quantitative estimate of drug-likeness (QED) is 0.686. The van der Waals surface area contributed by atoms with E-state index in [0.29, 0.717) is 16.7 Å². The summed E-state index contributed by atoms with van der Waals surface area (Å²) in [5, 5.41) is 8.96. The highest BCUT2D eigenvalue weighted by molar-refractivity contribution is 5.88. The van der Waals surface area contributed by atoms with Crippen molar-refractivity contribution in [2.75, 3.05) is 0 Å². The number of esters is 1. The van der Waals surface area contributed by atoms with Crippen LogP contribution in [0.4, 0.5) is 4.39 Å². The van der Waals surface area contributed by atoms with Gasteiger partial charge in [-0.25, -0.2) is 9.18 Å². The van der Waals surface area contributed by atoms with E-state index in [2.05, 4.69) is 4.98 Å². The van der Waals surface area contributed by atoms with Gasteiger partial charge in [-0.1, -0.05) is 12.1 Å². The van der Waals surface area contributed by atoms with Crippen LogP contribution in [-0.4, -0.2) is 15.5 Å². The lowest BCUT2D eigenvalue weighted by atomic mass is 10.0. The third-order valence-electron chi connectivity index (χ3n) is 3.75. The van der Waals surface area contributed by atoms with Crippen molar-refractivity contribution in [1.29, 1.82) is 5.26 Å². The van der Waals surface area contributed by atoms with Crippen LogP contribution >= 0.6 is 0 Å². The van der Waals surface area contributed by atoms with Gasteiger partial charge in [0.25, 0.3) is 0 Å². The zero-order valence-corrected chi connectivity index (χ0v) is 13.4. The Balaban J connectivity index is 1.95. The van der Waals surface area contributed by atoms with Crippen LogP contribution in [0, 0.1) is 17.1 Å². The van der Waals surface area contributed by atoms with E-state index in [4.69, 9.17) is 10.00 Å². The molecule has 25 heavy (non-hydrogen) atoms. The summed E-state index contributed by atoms with van der Waals surface area (Å²) in [6.07, 6.45) is 4.03. The van der Waals surface area contributed by atoms with E-state index >= 15 is 0 Å². The lowest BCUT2D eigenvalue weighted by molar-refractivity contribution is 0.0366. The molecule has 0 saturated carbocycles. The zero-order valence-electron chi connectivity index (χ0n) is 13.4. The SMILES string of the molecule is Cn1cc(C#N)cc1C(=O)O[C@@H](c1ccncc1)c1ccc(F)cc1. The first kappa shape index (κ1) is 16.4. The molecule has 0 radical (unpaired) electrons. The van der Waals surface area contributed by atoms with Gasteiger partial charge in [0, 0.05) is 31.2 Å². The number of aromatic nitrogens is 2. The van der Waals surface area contributed by atoms with E-state index in [1.54, 1.807) is 49.9 Å². The van der Waals surface area contributed by atoms with E-state index < -0.39 is 12.1 Å². The Kier molecular flexibility index (Phi) is 4.57. The molecule has 1 aromatic carbocycles. The average molecular weight is 335 g/mol. The van der Waals surface area contributed by atoms with Crippen molar-refractivity contribution in [1.82, 2.24) is 9.55 Å². The van der Waals surface area contributed by atoms with Crippen LogP contribution in [-0.2, 0) is 11.8 Å². The van der Waals surface area contributed by atoms with Crippen LogP contribution in [0.1, 0.15) is 33.3 Å². The Labute approximate surface area is 143 Å². The normalized spacial score (nSPS) is 11.6. The van der Waals surface area contributed by atoms with Crippen LogP contribution in [0.3, 0.4) is 0 Å². The molecule has 0 aliphatic rings. The van der Waals surface area contributed by atoms with Crippen LogP contribution < -0.4 is 0 Å². The molecule has 0 saturated heterocycles. The van der Waals surface area contributed by atoms with Crippen molar-refractivity contribution in [2.45, 2.75) is 6.10 Å². The molecule has 1 atom stereocenters. The van der Waals surface area contributed by atoms with Crippen LogP contribution in [0.5, 0.6) is 0 Å². The summed E-state index contributed by atoms with van der Waals surface area (Å²) in [4.78, 5) is 16.5. The third-order valence-corrected chi connectivity index (χ3v) is 3.75. The number of carbonyl (C=O) groups excluding carboxylic acids is 1. The third kappa shape index (κ3) is 3.56. The van der Waals surface area contributed by atoms with Gasteiger partial charge in [-0.3, -0.25) is 4.98 Å². The molecule has 124 valence electrons. The highest BCUT2D eigenvalue weighted by Gasteiger charge is 2.22. The fraction of sp³-hybridized carbons (Fsp3) is 0.105. The summed E-state index contributed by atoms with van der Waals surface area (Å²) in [7, 11) is 1.66. The molecule has 3 aromatic rings. The van der Waals surface area contributed by atoms with Crippen molar-refractivity contribution in [3.63, 3.8) is 0 Å². The minimum atomic E-state index is -0.712. The lowest BCUT2D eigenvalue weighted by Gasteiger charge is -2.19. The molecule has 0 N–H and O–H groups in total. The molecule has 2 heterocycles. The number of nitrogens with zero attached hydrogens (tertiary/aromatic N) is 3. The number of ether oxygens (including phenoxy) is 1. The maximum Gasteiger partial charge on any atom is 0.355 e. The number of hydrogen-bond acceptors (Lipinski definition) is 4. The van der Waals surface area contributed by atoms with Gasteiger partial charge in [0.05, 0.1) is 5.56 Å². The van der Waals surface area contributed by atoms with Crippen molar-refractivity contribution in [3.8, 4) is 6.07 Å². The number of aryl methyl sites for hydroxylation is 1. The Morgan fingerprint density at radius 1 is 1.20 bits per heavy atom. The van der Waals surface area contributed by atoms with Crippen molar-refractivity contribution >= 4 is 5.97 Å². The van der Waals surface area contributed by atoms with Crippen molar-refractivity contribution in [2.24, 2.45) is 7.05 Å². The highest BCUT2D eigenvalue weighted by Crippen LogP contribution is 2.27. The number of halogens is 1. The van der Waals surface area contributed by atoms with E-state index in [1.807, 2.05) is 6.07 Å². The molecule has 0 fully saturated rings. The summed E-state index contributed by atoms with van der Waals surface area (Å²) in [6.45, 7) is 0. The van der Waals surface area contributed by atoms with E-state index in [-0.39, 0.29) is 11.5 Å². The molecule has 2 aromatic heterocycles.